The largest absolute Gasteiger partial charge is 0.353 e. The Hall–Kier alpha value is -2.51. The first-order chi connectivity index (χ1) is 14.2. The van der Waals surface area contributed by atoms with Crippen LogP contribution < -0.4 is 10.2 Å². The summed E-state index contributed by atoms with van der Waals surface area (Å²) in [7, 11) is 0. The van der Waals surface area contributed by atoms with Crippen molar-refractivity contribution in [3.8, 4) is 0 Å². The van der Waals surface area contributed by atoms with E-state index in [0.29, 0.717) is 29.0 Å². The van der Waals surface area contributed by atoms with Gasteiger partial charge in [-0.1, -0.05) is 29.3 Å². The van der Waals surface area contributed by atoms with Crippen LogP contribution >= 0.6 is 23.2 Å². The number of carbonyl (C=O) groups is 3. The number of aryl methyl sites for hydroxylation is 1. The van der Waals surface area contributed by atoms with Crippen LogP contribution in [0.2, 0.25) is 10.0 Å². The second kappa shape index (κ2) is 9.10. The van der Waals surface area contributed by atoms with Gasteiger partial charge in [-0.15, -0.1) is 0 Å². The average Bonchev–Trinajstić information content (AvgIpc) is 2.98. The number of Topliss-reactive ketones (excluding diaryl/α,β-unsaturated/α-hetero) is 1. The summed E-state index contributed by atoms with van der Waals surface area (Å²) in [6.07, 6.45) is 1.18. The fourth-order valence-electron chi connectivity index (χ4n) is 3.23. The Morgan fingerprint density at radius 3 is 2.57 bits per heavy atom. The predicted octanol–water partition coefficient (Wildman–Crippen LogP) is 3.94. The van der Waals surface area contributed by atoms with Gasteiger partial charge in [0.25, 0.3) is 5.91 Å². The number of benzene rings is 2. The summed E-state index contributed by atoms with van der Waals surface area (Å²) in [5, 5.41) is 3.60. The lowest BCUT2D eigenvalue weighted by molar-refractivity contribution is -0.139. The van der Waals surface area contributed by atoms with Crippen molar-refractivity contribution in [2.75, 3.05) is 11.4 Å². The van der Waals surface area contributed by atoms with Crippen molar-refractivity contribution in [2.24, 2.45) is 5.92 Å². The van der Waals surface area contributed by atoms with E-state index in [4.69, 9.17) is 23.2 Å². The molecule has 158 valence electrons. The Morgan fingerprint density at radius 1 is 1.17 bits per heavy atom. The van der Waals surface area contributed by atoms with Gasteiger partial charge in [-0.2, -0.15) is 0 Å². The van der Waals surface area contributed by atoms with Crippen LogP contribution in [0.4, 0.5) is 14.5 Å². The lowest BCUT2D eigenvalue weighted by Crippen LogP contribution is -2.40. The van der Waals surface area contributed by atoms with Crippen LogP contribution in [-0.2, 0) is 20.8 Å². The van der Waals surface area contributed by atoms with Crippen LogP contribution in [0, 0.1) is 17.6 Å². The first-order valence-electron chi connectivity index (χ1n) is 9.22. The highest BCUT2D eigenvalue weighted by atomic mass is 35.5. The lowest BCUT2D eigenvalue weighted by Gasteiger charge is -2.18. The highest BCUT2D eigenvalue weighted by Gasteiger charge is 2.44. The third kappa shape index (κ3) is 4.79. The van der Waals surface area contributed by atoms with Crippen LogP contribution in [0.3, 0.4) is 0 Å². The van der Waals surface area contributed by atoms with Gasteiger partial charge in [-0.25, -0.2) is 8.78 Å². The zero-order valence-corrected chi connectivity index (χ0v) is 17.4. The molecule has 0 saturated carbocycles. The number of halogens is 4. The molecule has 0 aliphatic carbocycles. The second-order valence-corrected chi connectivity index (χ2v) is 7.94. The summed E-state index contributed by atoms with van der Waals surface area (Å²) in [5.41, 5.74) is 0.702. The molecule has 0 aromatic heterocycles. The van der Waals surface area contributed by atoms with Gasteiger partial charge in [-0.3, -0.25) is 14.4 Å². The second-order valence-electron chi connectivity index (χ2n) is 7.13. The minimum absolute atomic E-state index is 0.238. The van der Waals surface area contributed by atoms with Crippen molar-refractivity contribution >= 4 is 46.5 Å². The average molecular weight is 455 g/mol. The molecule has 1 aliphatic rings. The van der Waals surface area contributed by atoms with Gasteiger partial charge in [0.15, 0.2) is 0 Å². The van der Waals surface area contributed by atoms with Crippen molar-refractivity contribution in [3.63, 3.8) is 0 Å². The Balaban J connectivity index is 1.61. The minimum atomic E-state index is -1.26. The van der Waals surface area contributed by atoms with E-state index in [-0.39, 0.29) is 18.3 Å². The van der Waals surface area contributed by atoms with E-state index in [2.05, 4.69) is 5.32 Å². The third-order valence-corrected chi connectivity index (χ3v) is 5.63. The van der Waals surface area contributed by atoms with E-state index in [1.54, 1.807) is 19.1 Å². The van der Waals surface area contributed by atoms with E-state index in [9.17, 15) is 23.2 Å². The molecule has 3 rings (SSSR count). The number of ketones is 1. The maximum atomic E-state index is 14.0. The normalized spacial score (nSPS) is 17.4. The lowest BCUT2D eigenvalue weighted by atomic mass is 10.0. The van der Waals surface area contributed by atoms with Gasteiger partial charge in [0.05, 0.1) is 15.7 Å². The number of nitrogens with zero attached hydrogens (tertiary/aromatic N) is 1. The number of nitrogens with one attached hydrogen (secondary N) is 1. The summed E-state index contributed by atoms with van der Waals surface area (Å²) in [5.74, 6) is -5.57. The summed E-state index contributed by atoms with van der Waals surface area (Å²) in [4.78, 5) is 37.9. The Labute approximate surface area is 181 Å². The van der Waals surface area contributed by atoms with Crippen LogP contribution in [0.5, 0.6) is 0 Å². The molecule has 2 atom stereocenters. The molecule has 2 unspecified atom stereocenters. The molecule has 1 heterocycles. The summed E-state index contributed by atoms with van der Waals surface area (Å²) >= 11 is 11.9. The Bertz CT molecular complexity index is 1020. The van der Waals surface area contributed by atoms with Crippen LogP contribution in [0.1, 0.15) is 18.9 Å². The molecular formula is C21H18Cl2F2N2O3. The molecule has 0 radical (unpaired) electrons. The minimum Gasteiger partial charge on any atom is -0.353 e. The van der Waals surface area contributed by atoms with Crippen LogP contribution in [0.15, 0.2) is 36.4 Å². The highest BCUT2D eigenvalue weighted by molar-refractivity contribution is 6.47. The van der Waals surface area contributed by atoms with Crippen molar-refractivity contribution < 1.29 is 23.2 Å². The SMILES string of the molecule is CC(CCc1ccc(Cl)c(Cl)c1)NC(=O)C1CN(c2ccc(F)cc2F)C(=O)C1=O. The van der Waals surface area contributed by atoms with Gasteiger partial charge in [0, 0.05) is 18.7 Å². The maximum Gasteiger partial charge on any atom is 0.295 e. The van der Waals surface area contributed by atoms with E-state index in [0.717, 1.165) is 22.6 Å². The molecule has 0 spiro atoms. The number of anilines is 1. The molecule has 2 aromatic carbocycles. The molecule has 1 saturated heterocycles. The van der Waals surface area contributed by atoms with Crippen molar-refractivity contribution in [2.45, 2.75) is 25.8 Å². The molecule has 2 aromatic rings. The van der Waals surface area contributed by atoms with Crippen LogP contribution in [0.25, 0.3) is 0 Å². The number of rotatable bonds is 6. The molecule has 1 fully saturated rings. The third-order valence-electron chi connectivity index (χ3n) is 4.89. The van der Waals surface area contributed by atoms with Crippen molar-refractivity contribution in [1.82, 2.24) is 5.32 Å². The number of amides is 2. The molecule has 30 heavy (non-hydrogen) atoms. The molecule has 2 amide bonds. The van der Waals surface area contributed by atoms with Gasteiger partial charge >= 0.3 is 0 Å². The zero-order chi connectivity index (χ0) is 22.0. The fourth-order valence-corrected chi connectivity index (χ4v) is 3.55. The Morgan fingerprint density at radius 2 is 1.90 bits per heavy atom. The fraction of sp³-hybridized carbons (Fsp3) is 0.286. The highest BCUT2D eigenvalue weighted by Crippen LogP contribution is 2.27. The molecular weight excluding hydrogens is 437 g/mol. The van der Waals surface area contributed by atoms with Crippen molar-refractivity contribution in [1.29, 1.82) is 0 Å². The van der Waals surface area contributed by atoms with E-state index in [1.807, 2.05) is 6.07 Å². The van der Waals surface area contributed by atoms with Gasteiger partial charge in [0.2, 0.25) is 11.7 Å². The number of carbonyl (C=O) groups excluding carboxylic acids is 3. The molecule has 1 N–H and O–H groups in total. The topological polar surface area (TPSA) is 66.5 Å². The molecule has 1 aliphatic heterocycles. The van der Waals surface area contributed by atoms with E-state index >= 15 is 0 Å². The summed E-state index contributed by atoms with van der Waals surface area (Å²) < 4.78 is 27.1. The van der Waals surface area contributed by atoms with Crippen molar-refractivity contribution in [3.05, 3.63) is 63.6 Å². The first-order valence-corrected chi connectivity index (χ1v) is 9.98. The van der Waals surface area contributed by atoms with E-state index < -0.39 is 35.1 Å². The summed E-state index contributed by atoms with van der Waals surface area (Å²) in [6.45, 7) is 1.47. The number of hydrogen-bond donors (Lipinski definition) is 1. The predicted molar refractivity (Wildman–Crippen MR) is 110 cm³/mol. The molecule has 0 bridgehead atoms. The molecule has 5 nitrogen and oxygen atoms in total. The first kappa shape index (κ1) is 22.2. The standard InChI is InChI=1S/C21H18Cl2F2N2O3/c1-11(2-3-12-4-6-15(22)16(23)8-12)26-20(29)14-10-27(21(30)19(14)28)18-7-5-13(24)9-17(18)25/h4-9,11,14H,2-3,10H2,1H3,(H,26,29). The molecule has 9 heteroatoms. The quantitative estimate of drug-likeness (QED) is 0.530. The zero-order valence-electron chi connectivity index (χ0n) is 15.9. The van der Waals surface area contributed by atoms with Gasteiger partial charge in [-0.05, 0) is 49.6 Å². The van der Waals surface area contributed by atoms with Gasteiger partial charge < -0.3 is 10.2 Å². The monoisotopic (exact) mass is 454 g/mol. The number of hydrogen-bond acceptors (Lipinski definition) is 3. The Kier molecular flexibility index (Phi) is 6.73. The smallest absolute Gasteiger partial charge is 0.295 e. The van der Waals surface area contributed by atoms with Gasteiger partial charge in [0.1, 0.15) is 17.6 Å². The maximum absolute atomic E-state index is 14.0. The van der Waals surface area contributed by atoms with E-state index in [1.165, 1.54) is 0 Å². The summed E-state index contributed by atoms with van der Waals surface area (Å²) in [6, 6.07) is 7.64. The van der Waals surface area contributed by atoms with Crippen LogP contribution in [-0.4, -0.2) is 30.2 Å².